The number of halogens is 1. The van der Waals surface area contributed by atoms with Crippen molar-refractivity contribution in [3.8, 4) is 5.75 Å². The zero-order valence-electron chi connectivity index (χ0n) is 13.1. The molecule has 0 radical (unpaired) electrons. The summed E-state index contributed by atoms with van der Waals surface area (Å²) in [6.45, 7) is 4.69. The molecule has 6 heteroatoms. The third-order valence-corrected chi connectivity index (χ3v) is 3.47. The summed E-state index contributed by atoms with van der Waals surface area (Å²) in [7, 11) is 0. The highest BCUT2D eigenvalue weighted by atomic mass is 35.5. The smallest absolute Gasteiger partial charge is 0.224 e. The highest BCUT2D eigenvalue weighted by molar-refractivity contribution is 7.80. The first kappa shape index (κ1) is 18.0. The number of hydrogen-bond donors (Lipinski definition) is 3. The number of benzene rings is 2. The largest absolute Gasteiger partial charge is 0.489 e. The Hall–Kier alpha value is -2.37. The molecule has 124 valence electrons. The summed E-state index contributed by atoms with van der Waals surface area (Å²) in [6, 6.07) is 15.3. The molecule has 0 aliphatic carbocycles. The molecule has 3 N–H and O–H groups in total. The van der Waals surface area contributed by atoms with Gasteiger partial charge in [-0.05, 0) is 48.1 Å². The van der Waals surface area contributed by atoms with E-state index in [0.717, 1.165) is 16.9 Å². The summed E-state index contributed by atoms with van der Waals surface area (Å²) < 4.78 is 5.79. The van der Waals surface area contributed by atoms with Crippen LogP contribution in [0.4, 0.5) is 0 Å². The van der Waals surface area contributed by atoms with Crippen molar-refractivity contribution in [1.82, 2.24) is 10.7 Å². The van der Waals surface area contributed by atoms with Crippen LogP contribution in [0.3, 0.4) is 0 Å². The van der Waals surface area contributed by atoms with Gasteiger partial charge in [0.1, 0.15) is 12.4 Å². The van der Waals surface area contributed by atoms with Crippen molar-refractivity contribution in [3.63, 3.8) is 0 Å². The predicted molar refractivity (Wildman–Crippen MR) is 102 cm³/mol. The van der Waals surface area contributed by atoms with Gasteiger partial charge in [0.05, 0.1) is 0 Å². The molecule has 0 atom stereocenters. The quantitative estimate of drug-likeness (QED) is 0.306. The molecule has 0 saturated heterocycles. The van der Waals surface area contributed by atoms with E-state index in [2.05, 4.69) is 22.4 Å². The van der Waals surface area contributed by atoms with Crippen molar-refractivity contribution in [2.45, 2.75) is 6.61 Å². The molecular formula is C18H19ClN3OS+. The predicted octanol–water partition coefficient (Wildman–Crippen LogP) is 1.98. The zero-order chi connectivity index (χ0) is 17.2. The van der Waals surface area contributed by atoms with E-state index >= 15 is 0 Å². The fraction of sp³-hybridized carbons (Fsp3) is 0.111. The van der Waals surface area contributed by atoms with Crippen molar-refractivity contribution in [2.75, 3.05) is 6.54 Å². The van der Waals surface area contributed by atoms with Crippen LogP contribution in [0.15, 0.2) is 61.2 Å². The van der Waals surface area contributed by atoms with Gasteiger partial charge in [0.2, 0.25) is 5.11 Å². The van der Waals surface area contributed by atoms with E-state index in [9.17, 15) is 0 Å². The third-order valence-electron chi connectivity index (χ3n) is 2.98. The maximum atomic E-state index is 5.97. The maximum absolute atomic E-state index is 5.97. The SMILES string of the molecule is C=CCNC(=S)N[NH+]=Cc1cccc(OCc2cccc(Cl)c2)c1. The van der Waals surface area contributed by atoms with Crippen LogP contribution < -0.4 is 20.6 Å². The number of hydrogen-bond acceptors (Lipinski definition) is 2. The van der Waals surface area contributed by atoms with Crippen molar-refractivity contribution < 1.29 is 9.84 Å². The fourth-order valence-corrected chi connectivity index (χ4v) is 2.24. The Labute approximate surface area is 152 Å². The Balaban J connectivity index is 1.89. The Bertz CT molecular complexity index is 734. The highest BCUT2D eigenvalue weighted by Crippen LogP contribution is 2.16. The Kier molecular flexibility index (Phi) is 7.26. The molecule has 0 heterocycles. The lowest BCUT2D eigenvalue weighted by Crippen LogP contribution is -2.82. The van der Waals surface area contributed by atoms with E-state index in [1.807, 2.05) is 48.5 Å². The van der Waals surface area contributed by atoms with Crippen LogP contribution in [0.2, 0.25) is 5.02 Å². The first-order chi connectivity index (χ1) is 11.7. The number of nitrogens with one attached hydrogen (secondary N) is 3. The molecule has 2 aromatic rings. The molecule has 0 bridgehead atoms. The minimum atomic E-state index is 0.464. The van der Waals surface area contributed by atoms with E-state index in [-0.39, 0.29) is 0 Å². The standard InChI is InChI=1S/C18H18ClN3OS/c1-2-9-20-18(24)22-21-12-14-5-4-8-17(11-14)23-13-15-6-3-7-16(19)10-15/h2-8,10-12H,1,9,13H2,(H2,20,22,24)/p+1. The van der Waals surface area contributed by atoms with E-state index in [1.54, 1.807) is 12.3 Å². The van der Waals surface area contributed by atoms with Crippen LogP contribution in [0, 0.1) is 0 Å². The summed E-state index contributed by atoms with van der Waals surface area (Å²) >= 11 is 11.0. The van der Waals surface area contributed by atoms with E-state index in [4.69, 9.17) is 28.6 Å². The normalized spacial score (nSPS) is 10.4. The number of hydrazine groups is 1. The van der Waals surface area contributed by atoms with Gasteiger partial charge in [0.15, 0.2) is 6.21 Å². The second-order valence-corrected chi connectivity index (χ2v) is 5.75. The van der Waals surface area contributed by atoms with Gasteiger partial charge in [-0.2, -0.15) is 0 Å². The van der Waals surface area contributed by atoms with Gasteiger partial charge in [0.25, 0.3) is 0 Å². The topological polar surface area (TPSA) is 47.3 Å². The average molecular weight is 361 g/mol. The van der Waals surface area contributed by atoms with Gasteiger partial charge in [-0.15, -0.1) is 17.1 Å². The van der Waals surface area contributed by atoms with Crippen LogP contribution >= 0.6 is 23.8 Å². The second-order valence-electron chi connectivity index (χ2n) is 4.90. The number of hydrazone groups is 1. The summed E-state index contributed by atoms with van der Waals surface area (Å²) in [6.07, 6.45) is 3.53. The number of rotatable bonds is 7. The minimum Gasteiger partial charge on any atom is -0.489 e. The van der Waals surface area contributed by atoms with Crippen LogP contribution in [0.25, 0.3) is 0 Å². The number of ether oxygens (including phenoxy) is 1. The summed E-state index contributed by atoms with van der Waals surface area (Å²) in [4.78, 5) is 0. The zero-order valence-corrected chi connectivity index (χ0v) is 14.7. The molecule has 0 amide bonds. The van der Waals surface area contributed by atoms with Gasteiger partial charge in [-0.3, -0.25) is 0 Å². The van der Waals surface area contributed by atoms with Gasteiger partial charge >= 0.3 is 0 Å². The summed E-state index contributed by atoms with van der Waals surface area (Å²) in [5.74, 6) is 0.776. The molecular weight excluding hydrogens is 342 g/mol. The third kappa shape index (κ3) is 6.40. The van der Waals surface area contributed by atoms with E-state index in [0.29, 0.717) is 23.3 Å². The first-order valence-corrected chi connectivity index (χ1v) is 8.17. The second kappa shape index (κ2) is 9.70. The van der Waals surface area contributed by atoms with Crippen molar-refractivity contribution in [1.29, 1.82) is 0 Å². The van der Waals surface area contributed by atoms with Crippen LogP contribution in [0.5, 0.6) is 5.75 Å². The lowest BCUT2D eigenvalue weighted by Gasteiger charge is -2.06. The molecule has 0 unspecified atom stereocenters. The van der Waals surface area contributed by atoms with Crippen LogP contribution in [-0.2, 0) is 6.61 Å². The molecule has 0 spiro atoms. The van der Waals surface area contributed by atoms with Crippen LogP contribution in [0.1, 0.15) is 11.1 Å². The maximum Gasteiger partial charge on any atom is 0.224 e. The number of thiocarbonyl (C=S) groups is 1. The molecule has 0 aliphatic heterocycles. The Morgan fingerprint density at radius 1 is 1.25 bits per heavy atom. The van der Waals surface area contributed by atoms with E-state index < -0.39 is 0 Å². The van der Waals surface area contributed by atoms with Crippen molar-refractivity contribution in [2.24, 2.45) is 0 Å². The summed E-state index contributed by atoms with van der Waals surface area (Å²) in [5.41, 5.74) is 4.84. The van der Waals surface area contributed by atoms with Gasteiger partial charge in [-0.25, -0.2) is 0 Å². The monoisotopic (exact) mass is 360 g/mol. The minimum absolute atomic E-state index is 0.464. The van der Waals surface area contributed by atoms with Gasteiger partial charge in [-0.1, -0.05) is 35.9 Å². The Morgan fingerprint density at radius 3 is 2.88 bits per heavy atom. The lowest BCUT2D eigenvalue weighted by molar-refractivity contribution is -0.500. The molecule has 0 fully saturated rings. The molecule has 2 aromatic carbocycles. The summed E-state index contributed by atoms with van der Waals surface area (Å²) in [5, 5.41) is 7.09. The molecule has 0 aliphatic rings. The molecule has 0 aromatic heterocycles. The fourth-order valence-electron chi connectivity index (χ4n) is 1.88. The van der Waals surface area contributed by atoms with Crippen molar-refractivity contribution in [3.05, 3.63) is 77.3 Å². The molecule has 4 nitrogen and oxygen atoms in total. The Morgan fingerprint density at radius 2 is 2.08 bits per heavy atom. The van der Waals surface area contributed by atoms with Crippen molar-refractivity contribution >= 4 is 35.1 Å². The molecule has 2 rings (SSSR count). The average Bonchev–Trinajstić information content (AvgIpc) is 2.59. The highest BCUT2D eigenvalue weighted by Gasteiger charge is 2.00. The van der Waals surface area contributed by atoms with E-state index in [1.165, 1.54) is 0 Å². The molecule has 0 saturated carbocycles. The first-order valence-electron chi connectivity index (χ1n) is 7.38. The lowest BCUT2D eigenvalue weighted by atomic mass is 10.2. The van der Waals surface area contributed by atoms with Crippen LogP contribution in [-0.4, -0.2) is 17.9 Å². The van der Waals surface area contributed by atoms with Gasteiger partial charge in [0, 0.05) is 17.1 Å². The molecule has 24 heavy (non-hydrogen) atoms. The van der Waals surface area contributed by atoms with Gasteiger partial charge < -0.3 is 10.1 Å².